The lowest BCUT2D eigenvalue weighted by Crippen LogP contribution is -2.06. The van der Waals surface area contributed by atoms with E-state index in [-0.39, 0.29) is 6.10 Å². The van der Waals surface area contributed by atoms with Crippen LogP contribution in [0.4, 0.5) is 0 Å². The molecule has 0 aliphatic heterocycles. The number of rotatable bonds is 2. The Kier molecular flexibility index (Phi) is 3.15. The lowest BCUT2D eigenvalue weighted by Gasteiger charge is -2.12. The zero-order valence-electron chi connectivity index (χ0n) is 9.62. The number of hydrogen-bond acceptors (Lipinski definition) is 2. The molecule has 2 rings (SSSR count). The van der Waals surface area contributed by atoms with Crippen molar-refractivity contribution in [3.63, 3.8) is 0 Å². The molecule has 0 amide bonds. The largest absolute Gasteiger partial charge is 0.489 e. The Balaban J connectivity index is 2.66. The van der Waals surface area contributed by atoms with Crippen molar-refractivity contribution < 1.29 is 4.74 Å². The number of hydrogen-bond donors (Lipinski definition) is 0. The van der Waals surface area contributed by atoms with E-state index in [1.165, 1.54) is 5.56 Å². The summed E-state index contributed by atoms with van der Waals surface area (Å²) in [7, 11) is 0. The summed E-state index contributed by atoms with van der Waals surface area (Å²) in [6.45, 7) is 6.11. The van der Waals surface area contributed by atoms with Gasteiger partial charge in [0, 0.05) is 5.39 Å². The second-order valence-corrected chi connectivity index (χ2v) is 4.89. The van der Waals surface area contributed by atoms with Crippen LogP contribution >= 0.6 is 15.9 Å². The molecular formula is C13H14BrNO. The van der Waals surface area contributed by atoms with Gasteiger partial charge in [0.1, 0.15) is 15.9 Å². The average molecular weight is 280 g/mol. The van der Waals surface area contributed by atoms with Crippen LogP contribution in [0.2, 0.25) is 0 Å². The molecule has 2 aromatic rings. The van der Waals surface area contributed by atoms with Gasteiger partial charge < -0.3 is 4.74 Å². The molecule has 0 atom stereocenters. The highest BCUT2D eigenvalue weighted by Crippen LogP contribution is 2.28. The Morgan fingerprint density at radius 1 is 1.31 bits per heavy atom. The van der Waals surface area contributed by atoms with Gasteiger partial charge in [0.15, 0.2) is 0 Å². The molecule has 0 radical (unpaired) electrons. The predicted molar refractivity (Wildman–Crippen MR) is 69.9 cm³/mol. The fraction of sp³-hybridized carbons (Fsp3) is 0.308. The highest BCUT2D eigenvalue weighted by molar-refractivity contribution is 9.10. The monoisotopic (exact) mass is 279 g/mol. The highest BCUT2D eigenvalue weighted by atomic mass is 79.9. The summed E-state index contributed by atoms with van der Waals surface area (Å²) in [5.41, 5.74) is 2.12. The molecule has 0 N–H and O–H groups in total. The van der Waals surface area contributed by atoms with Crippen molar-refractivity contribution in [3.05, 3.63) is 34.4 Å². The molecule has 84 valence electrons. The van der Waals surface area contributed by atoms with Gasteiger partial charge in [0.25, 0.3) is 0 Å². The highest BCUT2D eigenvalue weighted by Gasteiger charge is 2.08. The van der Waals surface area contributed by atoms with Crippen LogP contribution in [-0.4, -0.2) is 11.1 Å². The first kappa shape index (κ1) is 11.4. The smallest absolute Gasteiger partial charge is 0.145 e. The van der Waals surface area contributed by atoms with Gasteiger partial charge in [-0.1, -0.05) is 12.1 Å². The van der Waals surface area contributed by atoms with Crippen molar-refractivity contribution in [1.29, 1.82) is 0 Å². The lowest BCUT2D eigenvalue weighted by atomic mass is 10.1. The molecule has 0 bridgehead atoms. The van der Waals surface area contributed by atoms with Crippen molar-refractivity contribution in [2.24, 2.45) is 0 Å². The van der Waals surface area contributed by atoms with Crippen LogP contribution in [0.5, 0.6) is 5.75 Å². The van der Waals surface area contributed by atoms with Crippen molar-refractivity contribution in [2.45, 2.75) is 26.9 Å². The summed E-state index contributed by atoms with van der Waals surface area (Å²) < 4.78 is 6.60. The first-order valence-electron chi connectivity index (χ1n) is 5.30. The van der Waals surface area contributed by atoms with Crippen molar-refractivity contribution in [1.82, 2.24) is 4.98 Å². The molecule has 1 aromatic carbocycles. The lowest BCUT2D eigenvalue weighted by molar-refractivity contribution is 0.245. The Morgan fingerprint density at radius 2 is 2.06 bits per heavy atom. The van der Waals surface area contributed by atoms with Crippen LogP contribution in [0.1, 0.15) is 19.4 Å². The standard InChI is InChI=1S/C13H14BrNO/c1-8(2)16-11-6-4-5-10-9(3)7-12(14)15-13(10)11/h4-8H,1-3H3. The minimum Gasteiger partial charge on any atom is -0.489 e. The number of halogens is 1. The zero-order chi connectivity index (χ0) is 11.7. The topological polar surface area (TPSA) is 22.1 Å². The Morgan fingerprint density at radius 3 is 2.75 bits per heavy atom. The van der Waals surface area contributed by atoms with E-state index >= 15 is 0 Å². The van der Waals surface area contributed by atoms with Crippen LogP contribution in [0.3, 0.4) is 0 Å². The minimum absolute atomic E-state index is 0.159. The van der Waals surface area contributed by atoms with E-state index in [9.17, 15) is 0 Å². The summed E-state index contributed by atoms with van der Waals surface area (Å²) in [6, 6.07) is 8.04. The Hall–Kier alpha value is -1.09. The molecule has 1 heterocycles. The summed E-state index contributed by atoms with van der Waals surface area (Å²) in [6.07, 6.45) is 0.159. The summed E-state index contributed by atoms with van der Waals surface area (Å²) in [4.78, 5) is 4.48. The zero-order valence-corrected chi connectivity index (χ0v) is 11.2. The summed E-state index contributed by atoms with van der Waals surface area (Å²) >= 11 is 3.42. The van der Waals surface area contributed by atoms with Gasteiger partial charge in [0.05, 0.1) is 6.10 Å². The maximum absolute atomic E-state index is 5.75. The first-order valence-corrected chi connectivity index (χ1v) is 6.10. The van der Waals surface area contributed by atoms with E-state index in [0.717, 1.165) is 21.3 Å². The van der Waals surface area contributed by atoms with E-state index in [4.69, 9.17) is 4.74 Å². The van der Waals surface area contributed by atoms with E-state index in [0.29, 0.717) is 0 Å². The minimum atomic E-state index is 0.159. The number of fused-ring (bicyclic) bond motifs is 1. The maximum atomic E-state index is 5.75. The molecule has 0 unspecified atom stereocenters. The number of nitrogens with zero attached hydrogens (tertiary/aromatic N) is 1. The third-order valence-electron chi connectivity index (χ3n) is 2.34. The van der Waals surface area contributed by atoms with Crippen LogP contribution < -0.4 is 4.74 Å². The van der Waals surface area contributed by atoms with Gasteiger partial charge >= 0.3 is 0 Å². The molecule has 0 spiro atoms. The molecule has 3 heteroatoms. The molecule has 0 aliphatic carbocycles. The third-order valence-corrected chi connectivity index (χ3v) is 2.75. The molecule has 0 saturated heterocycles. The number of aryl methyl sites for hydroxylation is 1. The maximum Gasteiger partial charge on any atom is 0.145 e. The van der Waals surface area contributed by atoms with Crippen LogP contribution in [-0.2, 0) is 0 Å². The fourth-order valence-electron chi connectivity index (χ4n) is 1.70. The number of aromatic nitrogens is 1. The first-order chi connectivity index (χ1) is 7.58. The van der Waals surface area contributed by atoms with Crippen molar-refractivity contribution >= 4 is 26.8 Å². The molecule has 0 fully saturated rings. The van der Waals surface area contributed by atoms with Crippen LogP contribution in [0.15, 0.2) is 28.9 Å². The molecule has 2 nitrogen and oxygen atoms in total. The van der Waals surface area contributed by atoms with Gasteiger partial charge in [-0.25, -0.2) is 4.98 Å². The normalized spacial score (nSPS) is 11.1. The molecule has 1 aromatic heterocycles. The summed E-state index contributed by atoms with van der Waals surface area (Å²) in [5.74, 6) is 0.844. The van der Waals surface area contributed by atoms with Gasteiger partial charge in [-0.05, 0) is 54.4 Å². The Labute approximate surface area is 104 Å². The summed E-state index contributed by atoms with van der Waals surface area (Å²) in [5, 5.41) is 1.14. The molecule has 0 aliphatic rings. The average Bonchev–Trinajstić information content (AvgIpc) is 2.18. The van der Waals surface area contributed by atoms with Gasteiger partial charge in [-0.3, -0.25) is 0 Å². The number of benzene rings is 1. The fourth-order valence-corrected chi connectivity index (χ4v) is 2.22. The molecule has 0 saturated carbocycles. The van der Waals surface area contributed by atoms with E-state index in [1.54, 1.807) is 0 Å². The Bertz CT molecular complexity index is 523. The second kappa shape index (κ2) is 4.42. The van der Waals surface area contributed by atoms with E-state index in [1.807, 2.05) is 32.0 Å². The SMILES string of the molecule is Cc1cc(Br)nc2c(OC(C)C)cccc12. The molecular weight excluding hydrogens is 266 g/mol. The van der Waals surface area contributed by atoms with Crippen LogP contribution in [0, 0.1) is 6.92 Å². The third kappa shape index (κ3) is 2.19. The number of ether oxygens (including phenoxy) is 1. The van der Waals surface area contributed by atoms with E-state index < -0.39 is 0 Å². The second-order valence-electron chi connectivity index (χ2n) is 4.08. The van der Waals surface area contributed by atoms with Gasteiger partial charge in [-0.2, -0.15) is 0 Å². The van der Waals surface area contributed by atoms with Crippen LogP contribution in [0.25, 0.3) is 10.9 Å². The molecule has 16 heavy (non-hydrogen) atoms. The van der Waals surface area contributed by atoms with E-state index in [2.05, 4.69) is 33.9 Å². The van der Waals surface area contributed by atoms with Crippen molar-refractivity contribution in [3.8, 4) is 5.75 Å². The van der Waals surface area contributed by atoms with Gasteiger partial charge in [-0.15, -0.1) is 0 Å². The number of pyridine rings is 1. The quantitative estimate of drug-likeness (QED) is 0.773. The van der Waals surface area contributed by atoms with Crippen molar-refractivity contribution in [2.75, 3.05) is 0 Å². The number of para-hydroxylation sites is 1. The van der Waals surface area contributed by atoms with Gasteiger partial charge in [0.2, 0.25) is 0 Å². The predicted octanol–water partition coefficient (Wildman–Crippen LogP) is 4.09.